The summed E-state index contributed by atoms with van der Waals surface area (Å²) in [6, 6.07) is 7.10. The Labute approximate surface area is 189 Å². The van der Waals surface area contributed by atoms with Crippen molar-refractivity contribution in [3.05, 3.63) is 29.3 Å². The number of amides is 2. The molecule has 6 heteroatoms. The molecule has 0 aromatic heterocycles. The van der Waals surface area contributed by atoms with Crippen LogP contribution in [0, 0.1) is 23.2 Å². The van der Waals surface area contributed by atoms with Crippen LogP contribution in [0.15, 0.2) is 24.3 Å². The molecule has 1 aliphatic heterocycles. The summed E-state index contributed by atoms with van der Waals surface area (Å²) >= 11 is 5.86. The molecule has 5 aliphatic rings. The molecule has 0 spiro atoms. The number of hydrogen-bond acceptors (Lipinski definition) is 3. The summed E-state index contributed by atoms with van der Waals surface area (Å²) in [5, 5.41) is 3.70. The van der Waals surface area contributed by atoms with Gasteiger partial charge in [-0.1, -0.05) is 11.6 Å². The fourth-order valence-corrected chi connectivity index (χ4v) is 7.29. The maximum atomic E-state index is 13.1. The summed E-state index contributed by atoms with van der Waals surface area (Å²) in [6.07, 6.45) is 10.5. The van der Waals surface area contributed by atoms with Gasteiger partial charge in [0.2, 0.25) is 5.91 Å². The van der Waals surface area contributed by atoms with Crippen LogP contribution in [-0.4, -0.2) is 42.5 Å². The number of likely N-dealkylation sites (tertiary alicyclic amines) is 1. The monoisotopic (exact) mass is 444 g/mol. The summed E-state index contributed by atoms with van der Waals surface area (Å²) in [5.41, 5.74) is 0.301. The molecule has 1 saturated heterocycles. The van der Waals surface area contributed by atoms with E-state index < -0.39 is 0 Å². The number of ether oxygens (including phenoxy) is 1. The van der Waals surface area contributed by atoms with Crippen molar-refractivity contribution in [2.45, 2.75) is 63.8 Å². The van der Waals surface area contributed by atoms with Crippen LogP contribution in [0.5, 0.6) is 5.75 Å². The van der Waals surface area contributed by atoms with Gasteiger partial charge in [-0.15, -0.1) is 0 Å². The highest BCUT2D eigenvalue weighted by molar-refractivity contribution is 6.30. The highest BCUT2D eigenvalue weighted by Gasteiger charge is 2.51. The summed E-state index contributed by atoms with van der Waals surface area (Å²) < 4.78 is 5.52. The average Bonchev–Trinajstić information content (AvgIpc) is 2.72. The van der Waals surface area contributed by atoms with E-state index in [0.717, 1.165) is 50.1 Å². The van der Waals surface area contributed by atoms with Gasteiger partial charge >= 0.3 is 0 Å². The number of rotatable bonds is 6. The lowest BCUT2D eigenvalue weighted by Crippen LogP contribution is -2.51. The predicted octanol–water partition coefficient (Wildman–Crippen LogP) is 4.43. The maximum Gasteiger partial charge on any atom is 0.258 e. The average molecular weight is 445 g/mol. The van der Waals surface area contributed by atoms with Crippen molar-refractivity contribution in [1.82, 2.24) is 10.2 Å². The molecule has 0 atom stereocenters. The number of nitrogens with one attached hydrogen (secondary N) is 1. The van der Waals surface area contributed by atoms with E-state index in [1.165, 1.54) is 38.5 Å². The lowest BCUT2D eigenvalue weighted by atomic mass is 9.49. The summed E-state index contributed by atoms with van der Waals surface area (Å²) in [5.74, 6) is 3.51. The maximum absolute atomic E-state index is 13.1. The first-order valence-electron chi connectivity index (χ1n) is 11.9. The van der Waals surface area contributed by atoms with Gasteiger partial charge in [0.1, 0.15) is 5.75 Å². The number of nitrogens with zero attached hydrogens (tertiary/aromatic N) is 1. The Morgan fingerprint density at radius 1 is 1.00 bits per heavy atom. The third kappa shape index (κ3) is 4.87. The molecule has 6 rings (SSSR count). The zero-order valence-electron chi connectivity index (χ0n) is 18.2. The minimum atomic E-state index is -0.117. The first-order valence-corrected chi connectivity index (χ1v) is 12.3. The molecule has 1 N–H and O–H groups in total. The molecule has 5 fully saturated rings. The van der Waals surface area contributed by atoms with Crippen LogP contribution < -0.4 is 10.1 Å². The van der Waals surface area contributed by atoms with Gasteiger partial charge in [-0.25, -0.2) is 0 Å². The van der Waals surface area contributed by atoms with Crippen LogP contribution in [0.2, 0.25) is 5.02 Å². The zero-order valence-corrected chi connectivity index (χ0v) is 18.9. The van der Waals surface area contributed by atoms with E-state index in [9.17, 15) is 9.59 Å². The van der Waals surface area contributed by atoms with Gasteiger partial charge in [0.15, 0.2) is 6.61 Å². The molecular weight excluding hydrogens is 412 g/mol. The summed E-state index contributed by atoms with van der Waals surface area (Å²) in [6.45, 7) is 1.48. The largest absolute Gasteiger partial charge is 0.484 e. The molecule has 31 heavy (non-hydrogen) atoms. The lowest BCUT2D eigenvalue weighted by molar-refractivity contribution is -0.140. The molecule has 4 bridgehead atoms. The fraction of sp³-hybridized carbons (Fsp3) is 0.680. The van der Waals surface area contributed by atoms with Crippen molar-refractivity contribution in [3.8, 4) is 5.75 Å². The van der Waals surface area contributed by atoms with Crippen LogP contribution in [0.3, 0.4) is 0 Å². The Balaban J connectivity index is 1.05. The first-order chi connectivity index (χ1) is 15.0. The third-order valence-electron chi connectivity index (χ3n) is 8.09. The van der Waals surface area contributed by atoms with E-state index >= 15 is 0 Å². The van der Waals surface area contributed by atoms with Crippen LogP contribution >= 0.6 is 11.6 Å². The number of carbonyl (C=O) groups is 2. The number of hydrogen-bond donors (Lipinski definition) is 1. The van der Waals surface area contributed by atoms with Gasteiger partial charge in [-0.3, -0.25) is 9.59 Å². The van der Waals surface area contributed by atoms with E-state index in [1.807, 2.05) is 4.90 Å². The Kier molecular flexibility index (Phi) is 5.89. The van der Waals surface area contributed by atoms with Gasteiger partial charge in [0.05, 0.1) is 0 Å². The molecule has 4 aliphatic carbocycles. The van der Waals surface area contributed by atoms with Crippen LogP contribution in [0.1, 0.15) is 57.8 Å². The number of piperidine rings is 1. The smallest absolute Gasteiger partial charge is 0.258 e. The van der Waals surface area contributed by atoms with Crippen molar-refractivity contribution in [1.29, 1.82) is 0 Å². The van der Waals surface area contributed by atoms with E-state index in [4.69, 9.17) is 16.3 Å². The molecule has 0 radical (unpaired) electrons. The Morgan fingerprint density at radius 3 is 2.16 bits per heavy atom. The molecule has 168 valence electrons. The highest BCUT2D eigenvalue weighted by atomic mass is 35.5. The molecule has 1 aromatic carbocycles. The summed E-state index contributed by atoms with van der Waals surface area (Å²) in [4.78, 5) is 27.4. The quantitative estimate of drug-likeness (QED) is 0.705. The van der Waals surface area contributed by atoms with E-state index in [2.05, 4.69) is 5.32 Å². The number of halogens is 1. The molecule has 4 saturated carbocycles. The minimum Gasteiger partial charge on any atom is -0.484 e. The molecule has 1 aromatic rings. The second-order valence-corrected chi connectivity index (χ2v) is 11.0. The second-order valence-electron chi connectivity index (χ2n) is 10.6. The molecule has 0 unspecified atom stereocenters. The lowest BCUT2D eigenvalue weighted by Gasteiger charge is -2.57. The van der Waals surface area contributed by atoms with Crippen molar-refractivity contribution in [2.75, 3.05) is 19.7 Å². The van der Waals surface area contributed by atoms with E-state index in [0.29, 0.717) is 22.1 Å². The number of carbonyl (C=O) groups excluding carboxylic acids is 2. The molecule has 5 nitrogen and oxygen atoms in total. The predicted molar refractivity (Wildman–Crippen MR) is 120 cm³/mol. The van der Waals surface area contributed by atoms with Crippen LogP contribution in [-0.2, 0) is 9.59 Å². The SMILES string of the molecule is O=C(COc1ccc(Cl)cc1)NC1CCN(C(=O)CC23CC4CC(CC(C4)C2)C3)CC1. The van der Waals surface area contributed by atoms with Crippen LogP contribution in [0.4, 0.5) is 0 Å². The highest BCUT2D eigenvalue weighted by Crippen LogP contribution is 2.61. The molecule has 2 amide bonds. The molecular formula is C25H33ClN2O3. The normalized spacial score (nSPS) is 32.2. The van der Waals surface area contributed by atoms with Crippen molar-refractivity contribution >= 4 is 23.4 Å². The van der Waals surface area contributed by atoms with Gasteiger partial charge in [-0.05, 0) is 98.8 Å². The third-order valence-corrected chi connectivity index (χ3v) is 8.34. The topological polar surface area (TPSA) is 58.6 Å². The van der Waals surface area contributed by atoms with Gasteiger partial charge < -0.3 is 15.0 Å². The fourth-order valence-electron chi connectivity index (χ4n) is 7.16. The first kappa shape index (κ1) is 21.1. The molecule has 1 heterocycles. The Morgan fingerprint density at radius 2 is 1.58 bits per heavy atom. The van der Waals surface area contributed by atoms with Gasteiger partial charge in [0, 0.05) is 30.6 Å². The minimum absolute atomic E-state index is 0.00715. The standard InChI is InChI=1S/C25H33ClN2O3/c26-20-1-3-22(4-2-20)31-16-23(29)27-21-5-7-28(8-6-21)24(30)15-25-12-17-9-18(13-25)11-19(10-17)14-25/h1-4,17-19,21H,5-16H2,(H,27,29). The van der Waals surface area contributed by atoms with Gasteiger partial charge in [-0.2, -0.15) is 0 Å². The van der Waals surface area contributed by atoms with Crippen molar-refractivity contribution in [2.24, 2.45) is 23.2 Å². The summed E-state index contributed by atoms with van der Waals surface area (Å²) in [7, 11) is 0. The van der Waals surface area contributed by atoms with Crippen molar-refractivity contribution < 1.29 is 14.3 Å². The van der Waals surface area contributed by atoms with Crippen LogP contribution in [0.25, 0.3) is 0 Å². The van der Waals surface area contributed by atoms with E-state index in [-0.39, 0.29) is 18.6 Å². The Bertz CT molecular complexity index is 781. The zero-order chi connectivity index (χ0) is 21.4. The van der Waals surface area contributed by atoms with E-state index in [1.54, 1.807) is 24.3 Å². The second kappa shape index (κ2) is 8.65. The van der Waals surface area contributed by atoms with Gasteiger partial charge in [0.25, 0.3) is 5.91 Å². The Hall–Kier alpha value is -1.75. The number of benzene rings is 1. The van der Waals surface area contributed by atoms with Crippen molar-refractivity contribution in [3.63, 3.8) is 0 Å².